The molecule has 1 rings (SSSR count). The quantitative estimate of drug-likeness (QED) is 0.601. The molecular formula is C9H14N2O. The summed E-state index contributed by atoms with van der Waals surface area (Å²) in [5.41, 5.74) is 13.1. The molecule has 1 aliphatic rings. The van der Waals surface area contributed by atoms with Gasteiger partial charge in [0.1, 0.15) is 0 Å². The van der Waals surface area contributed by atoms with Crippen molar-refractivity contribution in [3.63, 3.8) is 0 Å². The number of hydrogen-bond acceptors (Lipinski definition) is 2. The molecule has 0 radical (unpaired) electrons. The van der Waals surface area contributed by atoms with Gasteiger partial charge in [0.25, 0.3) is 0 Å². The molecule has 3 nitrogen and oxygen atoms in total. The first-order valence-corrected chi connectivity index (χ1v) is 3.99. The first-order valence-electron chi connectivity index (χ1n) is 3.99. The summed E-state index contributed by atoms with van der Waals surface area (Å²) < 4.78 is 0. The summed E-state index contributed by atoms with van der Waals surface area (Å²) in [5, 5.41) is 0. The predicted octanol–water partition coefficient (Wildman–Crippen LogP) is 0.671. The Kier molecular flexibility index (Phi) is 2.22. The maximum atomic E-state index is 10.9. The Morgan fingerprint density at radius 3 is 2.75 bits per heavy atom. The molecule has 66 valence electrons. The molecular weight excluding hydrogens is 152 g/mol. The van der Waals surface area contributed by atoms with Gasteiger partial charge in [-0.1, -0.05) is 12.5 Å². The second-order valence-corrected chi connectivity index (χ2v) is 3.30. The Hall–Kier alpha value is -1.25. The molecule has 0 saturated heterocycles. The van der Waals surface area contributed by atoms with Crippen LogP contribution in [0.15, 0.2) is 22.9 Å². The number of carbonyl (C=O) groups excluding carboxylic acids is 1. The highest BCUT2D eigenvalue weighted by atomic mass is 16.1. The first-order chi connectivity index (χ1) is 5.52. The van der Waals surface area contributed by atoms with Gasteiger partial charge >= 0.3 is 0 Å². The van der Waals surface area contributed by atoms with E-state index in [0.29, 0.717) is 17.2 Å². The summed E-state index contributed by atoms with van der Waals surface area (Å²) in [5.74, 6) is -0.00755. The molecule has 0 heterocycles. The molecule has 0 aromatic rings. The van der Waals surface area contributed by atoms with Gasteiger partial charge in [-0.2, -0.15) is 0 Å². The lowest BCUT2D eigenvalue weighted by Gasteiger charge is -2.19. The summed E-state index contributed by atoms with van der Waals surface area (Å²) in [6.07, 6.45) is 2.52. The minimum atomic E-state index is -0.432. The van der Waals surface area contributed by atoms with Crippen molar-refractivity contribution in [3.8, 4) is 0 Å². The van der Waals surface area contributed by atoms with E-state index in [0.717, 1.165) is 12.0 Å². The Morgan fingerprint density at radius 2 is 2.25 bits per heavy atom. The van der Waals surface area contributed by atoms with Crippen LogP contribution in [-0.2, 0) is 4.79 Å². The summed E-state index contributed by atoms with van der Waals surface area (Å²) in [7, 11) is 0. The van der Waals surface area contributed by atoms with Crippen LogP contribution in [0.5, 0.6) is 0 Å². The molecule has 1 amide bonds. The van der Waals surface area contributed by atoms with Crippen LogP contribution < -0.4 is 11.5 Å². The zero-order chi connectivity index (χ0) is 9.30. The third kappa shape index (κ3) is 1.49. The fourth-order valence-corrected chi connectivity index (χ4v) is 1.29. The lowest BCUT2D eigenvalue weighted by molar-refractivity contribution is -0.114. The number of rotatable bonds is 1. The molecule has 0 aromatic heterocycles. The Bertz CT molecular complexity index is 276. The zero-order valence-electron chi connectivity index (χ0n) is 7.42. The standard InChI is InChI=1S/C9H14N2O/c1-5-3-7(9(11)12)8(10)4-6(5)2/h3,6H,4,10H2,1-2H3,(H2,11,12). The van der Waals surface area contributed by atoms with Gasteiger partial charge < -0.3 is 11.5 Å². The van der Waals surface area contributed by atoms with E-state index in [-0.39, 0.29) is 0 Å². The van der Waals surface area contributed by atoms with E-state index in [1.807, 2.05) is 6.92 Å². The second-order valence-electron chi connectivity index (χ2n) is 3.30. The highest BCUT2D eigenvalue weighted by molar-refractivity contribution is 5.96. The third-order valence-corrected chi connectivity index (χ3v) is 2.29. The van der Waals surface area contributed by atoms with Crippen LogP contribution in [0.3, 0.4) is 0 Å². The van der Waals surface area contributed by atoms with Gasteiger partial charge in [-0.25, -0.2) is 0 Å². The summed E-state index contributed by atoms with van der Waals surface area (Å²) in [6, 6.07) is 0. The van der Waals surface area contributed by atoms with Crippen LogP contribution in [-0.4, -0.2) is 5.91 Å². The molecule has 0 aliphatic heterocycles. The van der Waals surface area contributed by atoms with Gasteiger partial charge in [0, 0.05) is 5.70 Å². The number of allylic oxidation sites excluding steroid dienone is 2. The summed E-state index contributed by atoms with van der Waals surface area (Å²) in [4.78, 5) is 10.9. The molecule has 3 heteroatoms. The van der Waals surface area contributed by atoms with Crippen molar-refractivity contribution in [1.29, 1.82) is 0 Å². The van der Waals surface area contributed by atoms with E-state index in [1.165, 1.54) is 0 Å². The molecule has 0 fully saturated rings. The van der Waals surface area contributed by atoms with Gasteiger partial charge in [0.05, 0.1) is 5.57 Å². The molecule has 4 N–H and O–H groups in total. The van der Waals surface area contributed by atoms with E-state index in [4.69, 9.17) is 11.5 Å². The predicted molar refractivity (Wildman–Crippen MR) is 47.9 cm³/mol. The topological polar surface area (TPSA) is 69.1 Å². The third-order valence-electron chi connectivity index (χ3n) is 2.29. The smallest absolute Gasteiger partial charge is 0.250 e. The lowest BCUT2D eigenvalue weighted by Crippen LogP contribution is -2.22. The minimum Gasteiger partial charge on any atom is -0.401 e. The van der Waals surface area contributed by atoms with Gasteiger partial charge in [0.2, 0.25) is 5.91 Å². The van der Waals surface area contributed by atoms with Crippen LogP contribution >= 0.6 is 0 Å². The fraction of sp³-hybridized carbons (Fsp3) is 0.444. The van der Waals surface area contributed by atoms with Gasteiger partial charge in [-0.3, -0.25) is 4.79 Å². The number of hydrogen-bond donors (Lipinski definition) is 2. The average Bonchev–Trinajstić information content (AvgIpc) is 1.96. The SMILES string of the molecule is CC1=CC(C(N)=O)=C(N)CC1C. The molecule has 1 atom stereocenters. The van der Waals surface area contributed by atoms with E-state index in [9.17, 15) is 4.79 Å². The van der Waals surface area contributed by atoms with Crippen molar-refractivity contribution in [3.05, 3.63) is 22.9 Å². The maximum Gasteiger partial charge on any atom is 0.250 e. The average molecular weight is 166 g/mol. The highest BCUT2D eigenvalue weighted by Gasteiger charge is 2.17. The van der Waals surface area contributed by atoms with Crippen molar-refractivity contribution in [1.82, 2.24) is 0 Å². The zero-order valence-corrected chi connectivity index (χ0v) is 7.42. The van der Waals surface area contributed by atoms with Gasteiger partial charge in [-0.05, 0) is 25.3 Å². The number of primary amides is 1. The molecule has 0 aromatic carbocycles. The van der Waals surface area contributed by atoms with E-state index in [2.05, 4.69) is 6.92 Å². The van der Waals surface area contributed by atoms with E-state index >= 15 is 0 Å². The van der Waals surface area contributed by atoms with E-state index in [1.54, 1.807) is 6.08 Å². The minimum absolute atomic E-state index is 0.424. The Labute approximate surface area is 72.1 Å². The van der Waals surface area contributed by atoms with Crippen LogP contribution in [0, 0.1) is 5.92 Å². The van der Waals surface area contributed by atoms with Gasteiger partial charge in [-0.15, -0.1) is 0 Å². The van der Waals surface area contributed by atoms with Crippen molar-refractivity contribution >= 4 is 5.91 Å². The second kappa shape index (κ2) is 3.01. The van der Waals surface area contributed by atoms with Crippen molar-refractivity contribution in [2.75, 3.05) is 0 Å². The van der Waals surface area contributed by atoms with Crippen molar-refractivity contribution in [2.45, 2.75) is 20.3 Å². The van der Waals surface area contributed by atoms with Crippen LogP contribution in [0.1, 0.15) is 20.3 Å². The normalized spacial score (nSPS) is 23.8. The van der Waals surface area contributed by atoms with Crippen molar-refractivity contribution in [2.24, 2.45) is 17.4 Å². The largest absolute Gasteiger partial charge is 0.401 e. The summed E-state index contributed by atoms with van der Waals surface area (Å²) in [6.45, 7) is 4.07. The van der Waals surface area contributed by atoms with Crippen molar-refractivity contribution < 1.29 is 4.79 Å². The number of amides is 1. The van der Waals surface area contributed by atoms with E-state index < -0.39 is 5.91 Å². The molecule has 0 spiro atoms. The Morgan fingerprint density at radius 1 is 1.67 bits per heavy atom. The van der Waals surface area contributed by atoms with Crippen LogP contribution in [0.25, 0.3) is 0 Å². The molecule has 12 heavy (non-hydrogen) atoms. The summed E-state index contributed by atoms with van der Waals surface area (Å²) >= 11 is 0. The fourth-order valence-electron chi connectivity index (χ4n) is 1.29. The molecule has 1 unspecified atom stereocenters. The van der Waals surface area contributed by atoms with Gasteiger partial charge in [0.15, 0.2) is 0 Å². The van der Waals surface area contributed by atoms with Crippen LogP contribution in [0.2, 0.25) is 0 Å². The number of nitrogens with two attached hydrogens (primary N) is 2. The van der Waals surface area contributed by atoms with Crippen LogP contribution in [0.4, 0.5) is 0 Å². The number of carbonyl (C=O) groups is 1. The lowest BCUT2D eigenvalue weighted by atomic mass is 9.89. The molecule has 0 saturated carbocycles. The maximum absolute atomic E-state index is 10.9. The Balaban J connectivity index is 3.02. The molecule has 1 aliphatic carbocycles. The molecule has 0 bridgehead atoms. The first kappa shape index (κ1) is 8.84. The monoisotopic (exact) mass is 166 g/mol. The highest BCUT2D eigenvalue weighted by Crippen LogP contribution is 2.25.